The average Bonchev–Trinajstić information content (AvgIpc) is 2.40. The van der Waals surface area contributed by atoms with E-state index < -0.39 is 4.92 Å². The lowest BCUT2D eigenvalue weighted by Gasteiger charge is -2.11. The first-order valence-corrected chi connectivity index (χ1v) is 5.98. The van der Waals surface area contributed by atoms with Gasteiger partial charge in [0.1, 0.15) is 0 Å². The molecule has 0 radical (unpaired) electrons. The zero-order valence-electron chi connectivity index (χ0n) is 11.8. The minimum atomic E-state index is -0.528. The van der Waals surface area contributed by atoms with E-state index in [4.69, 9.17) is 10.5 Å². The number of nitrogens with two attached hydrogens (primary N) is 1. The maximum absolute atomic E-state index is 11.0. The number of ether oxygens (including phenoxy) is 1. The molecule has 0 aliphatic carbocycles. The fourth-order valence-electron chi connectivity index (χ4n) is 1.56. The van der Waals surface area contributed by atoms with Crippen LogP contribution in [0.4, 0.5) is 17.6 Å². The lowest BCUT2D eigenvalue weighted by molar-refractivity contribution is -0.385. The molecule has 2 N–H and O–H groups in total. The van der Waals surface area contributed by atoms with Crippen molar-refractivity contribution in [3.05, 3.63) is 33.9 Å². The minimum absolute atomic E-state index is 0.0292. The molecule has 0 atom stereocenters. The zero-order chi connectivity index (χ0) is 15.6. The summed E-state index contributed by atoms with van der Waals surface area (Å²) in [5, 5.41) is 11.0. The Labute approximate surface area is 120 Å². The van der Waals surface area contributed by atoms with E-state index in [1.54, 1.807) is 32.0 Å². The molecular weight excluding hydrogens is 276 g/mol. The van der Waals surface area contributed by atoms with Crippen molar-refractivity contribution >= 4 is 17.6 Å². The predicted molar refractivity (Wildman–Crippen MR) is 76.5 cm³/mol. The van der Waals surface area contributed by atoms with E-state index in [9.17, 15) is 10.1 Å². The van der Waals surface area contributed by atoms with Crippen molar-refractivity contribution in [2.75, 3.05) is 24.7 Å². The van der Waals surface area contributed by atoms with Gasteiger partial charge in [-0.1, -0.05) is 6.07 Å². The number of benzene rings is 1. The van der Waals surface area contributed by atoms with Crippen molar-refractivity contribution in [1.82, 2.24) is 15.0 Å². The number of nitrogen functional groups attached to an aromatic ring is 1. The Balaban J connectivity index is 2.41. The van der Waals surface area contributed by atoms with Gasteiger partial charge in [0, 0.05) is 20.2 Å². The highest BCUT2D eigenvalue weighted by atomic mass is 16.6. The van der Waals surface area contributed by atoms with E-state index in [0.717, 1.165) is 5.56 Å². The topological polar surface area (TPSA) is 120 Å². The Kier molecular flexibility index (Phi) is 3.83. The summed E-state index contributed by atoms with van der Waals surface area (Å²) in [6.07, 6.45) is 0. The Morgan fingerprint density at radius 1 is 1.29 bits per heavy atom. The lowest BCUT2D eigenvalue weighted by atomic mass is 10.2. The molecule has 1 aromatic carbocycles. The fraction of sp³-hybridized carbons (Fsp3) is 0.250. The quantitative estimate of drug-likeness (QED) is 0.664. The van der Waals surface area contributed by atoms with Crippen LogP contribution in [0.3, 0.4) is 0 Å². The third-order valence-corrected chi connectivity index (χ3v) is 2.53. The summed E-state index contributed by atoms with van der Waals surface area (Å²) in [5.41, 5.74) is 6.15. The van der Waals surface area contributed by atoms with Gasteiger partial charge in [-0.2, -0.15) is 15.0 Å². The second kappa shape index (κ2) is 5.57. The molecule has 9 nitrogen and oxygen atoms in total. The van der Waals surface area contributed by atoms with Crippen LogP contribution in [0.1, 0.15) is 5.56 Å². The van der Waals surface area contributed by atoms with Gasteiger partial charge in [0.15, 0.2) is 0 Å². The average molecular weight is 290 g/mol. The Morgan fingerprint density at radius 2 is 2.00 bits per heavy atom. The van der Waals surface area contributed by atoms with Gasteiger partial charge < -0.3 is 15.4 Å². The maximum Gasteiger partial charge on any atom is 0.328 e. The van der Waals surface area contributed by atoms with Crippen LogP contribution < -0.4 is 15.4 Å². The summed E-state index contributed by atoms with van der Waals surface area (Å²) in [5.74, 6) is 0.312. The number of aryl methyl sites for hydroxylation is 1. The Bertz CT molecular complexity index is 689. The molecule has 1 aromatic heterocycles. The van der Waals surface area contributed by atoms with E-state index >= 15 is 0 Å². The van der Waals surface area contributed by atoms with Crippen molar-refractivity contribution in [2.45, 2.75) is 6.92 Å². The van der Waals surface area contributed by atoms with Gasteiger partial charge >= 0.3 is 11.7 Å². The van der Waals surface area contributed by atoms with Crippen LogP contribution in [-0.2, 0) is 0 Å². The molecule has 0 aliphatic heterocycles. The Hall–Kier alpha value is -2.97. The molecule has 0 amide bonds. The number of nitrogens with zero attached hydrogens (tertiary/aromatic N) is 5. The summed E-state index contributed by atoms with van der Waals surface area (Å²) < 4.78 is 5.39. The van der Waals surface area contributed by atoms with E-state index in [1.807, 2.05) is 0 Å². The summed E-state index contributed by atoms with van der Waals surface area (Å²) in [6, 6.07) is 4.49. The highest BCUT2D eigenvalue weighted by molar-refractivity contribution is 5.49. The van der Waals surface area contributed by atoms with Crippen LogP contribution in [0.15, 0.2) is 18.2 Å². The van der Waals surface area contributed by atoms with E-state index in [2.05, 4.69) is 15.0 Å². The maximum atomic E-state index is 11.0. The highest BCUT2D eigenvalue weighted by Gasteiger charge is 2.18. The normalized spacial score (nSPS) is 10.2. The third kappa shape index (κ3) is 3.32. The number of nitro benzene ring substituents is 1. The molecule has 9 heteroatoms. The number of hydrogen-bond donors (Lipinski definition) is 1. The fourth-order valence-corrected chi connectivity index (χ4v) is 1.56. The minimum Gasteiger partial charge on any atom is -0.417 e. The number of anilines is 2. The Morgan fingerprint density at radius 3 is 2.62 bits per heavy atom. The summed E-state index contributed by atoms with van der Waals surface area (Å²) in [4.78, 5) is 23.9. The number of aromatic nitrogens is 3. The smallest absolute Gasteiger partial charge is 0.328 e. The van der Waals surface area contributed by atoms with E-state index in [1.165, 1.54) is 12.1 Å². The zero-order valence-corrected chi connectivity index (χ0v) is 11.8. The van der Waals surface area contributed by atoms with Crippen molar-refractivity contribution in [2.24, 2.45) is 0 Å². The van der Waals surface area contributed by atoms with Crippen LogP contribution in [0.2, 0.25) is 0 Å². The standard InChI is InChI=1S/C12H14N6O3/c1-7-4-5-9(8(6-7)18(19)20)21-12-15-10(13)14-11(16-12)17(2)3/h4-6H,1-3H3,(H2,13,14,15,16). The highest BCUT2D eigenvalue weighted by Crippen LogP contribution is 2.31. The van der Waals surface area contributed by atoms with E-state index in [0.29, 0.717) is 5.95 Å². The van der Waals surface area contributed by atoms with Gasteiger partial charge in [-0.25, -0.2) is 0 Å². The summed E-state index contributed by atoms with van der Waals surface area (Å²) in [7, 11) is 3.46. The molecule has 0 aliphatic rings. The molecule has 0 spiro atoms. The molecule has 21 heavy (non-hydrogen) atoms. The summed E-state index contributed by atoms with van der Waals surface area (Å²) >= 11 is 0. The lowest BCUT2D eigenvalue weighted by Crippen LogP contribution is -2.15. The van der Waals surface area contributed by atoms with Crippen LogP contribution in [0, 0.1) is 17.0 Å². The van der Waals surface area contributed by atoms with Crippen molar-refractivity contribution in [1.29, 1.82) is 0 Å². The van der Waals surface area contributed by atoms with Crippen molar-refractivity contribution in [3.8, 4) is 11.8 Å². The molecule has 0 saturated heterocycles. The third-order valence-electron chi connectivity index (χ3n) is 2.53. The largest absolute Gasteiger partial charge is 0.417 e. The van der Waals surface area contributed by atoms with Crippen LogP contribution >= 0.6 is 0 Å². The molecule has 2 rings (SSSR count). The molecule has 0 fully saturated rings. The molecule has 1 heterocycles. The van der Waals surface area contributed by atoms with Crippen LogP contribution in [0.25, 0.3) is 0 Å². The van der Waals surface area contributed by atoms with Gasteiger partial charge in [0.05, 0.1) is 4.92 Å². The second-order valence-corrected chi connectivity index (χ2v) is 4.50. The van der Waals surface area contributed by atoms with Crippen LogP contribution in [0.5, 0.6) is 11.8 Å². The number of nitro groups is 1. The van der Waals surface area contributed by atoms with Gasteiger partial charge in [0.25, 0.3) is 0 Å². The first kappa shape index (κ1) is 14.4. The molecule has 0 unspecified atom stereocenters. The first-order chi connectivity index (χ1) is 9.86. The molecule has 0 bridgehead atoms. The number of rotatable bonds is 4. The predicted octanol–water partition coefficient (Wildman–Crippen LogP) is 1.53. The number of hydrogen-bond acceptors (Lipinski definition) is 8. The van der Waals surface area contributed by atoms with Gasteiger partial charge in [0.2, 0.25) is 17.6 Å². The van der Waals surface area contributed by atoms with Crippen molar-refractivity contribution < 1.29 is 9.66 Å². The van der Waals surface area contributed by atoms with Gasteiger partial charge in [-0.05, 0) is 18.6 Å². The van der Waals surface area contributed by atoms with Gasteiger partial charge in [-0.3, -0.25) is 10.1 Å². The second-order valence-electron chi connectivity index (χ2n) is 4.50. The first-order valence-electron chi connectivity index (χ1n) is 5.98. The van der Waals surface area contributed by atoms with Crippen molar-refractivity contribution in [3.63, 3.8) is 0 Å². The summed E-state index contributed by atoms with van der Waals surface area (Å²) in [6.45, 7) is 1.75. The van der Waals surface area contributed by atoms with Gasteiger partial charge in [-0.15, -0.1) is 0 Å². The van der Waals surface area contributed by atoms with E-state index in [-0.39, 0.29) is 23.4 Å². The van der Waals surface area contributed by atoms with Crippen LogP contribution in [-0.4, -0.2) is 34.0 Å². The SMILES string of the molecule is Cc1ccc(Oc2nc(N)nc(N(C)C)n2)c([N+](=O)[O-])c1. The molecular formula is C12H14N6O3. The molecule has 2 aromatic rings. The molecule has 0 saturated carbocycles. The monoisotopic (exact) mass is 290 g/mol. The molecule has 110 valence electrons.